The van der Waals surface area contributed by atoms with Gasteiger partial charge in [0, 0.05) is 25.4 Å². The van der Waals surface area contributed by atoms with Crippen LogP contribution in [0, 0.1) is 5.92 Å². The minimum absolute atomic E-state index is 0.217. The van der Waals surface area contributed by atoms with Crippen LogP contribution in [-0.2, 0) is 4.79 Å². The van der Waals surface area contributed by atoms with Gasteiger partial charge in [-0.1, -0.05) is 42.5 Å². The molecule has 1 aliphatic heterocycles. The summed E-state index contributed by atoms with van der Waals surface area (Å²) in [6.45, 7) is 2.11. The van der Waals surface area contributed by atoms with Gasteiger partial charge in [0.15, 0.2) is 0 Å². The number of allylic oxidation sites excluding steroid dienone is 1. The van der Waals surface area contributed by atoms with Crippen molar-refractivity contribution in [2.75, 3.05) is 20.1 Å². The second-order valence-corrected chi connectivity index (χ2v) is 5.26. The molecule has 1 fully saturated rings. The number of likely N-dealkylation sites (tertiary alicyclic amines) is 1. The highest BCUT2D eigenvalue weighted by Gasteiger charge is 2.29. The Morgan fingerprint density at radius 1 is 1.37 bits per heavy atom. The first kappa shape index (κ1) is 13.8. The first-order chi connectivity index (χ1) is 9.16. The van der Waals surface area contributed by atoms with Crippen LogP contribution in [0.25, 0.3) is 0 Å². The minimum Gasteiger partial charge on any atom is -0.481 e. The summed E-state index contributed by atoms with van der Waals surface area (Å²) in [5, 5.41) is 8.64. The first-order valence-electron chi connectivity index (χ1n) is 6.79. The van der Waals surface area contributed by atoms with Crippen molar-refractivity contribution >= 4 is 5.97 Å². The van der Waals surface area contributed by atoms with Crippen LogP contribution in [0.3, 0.4) is 0 Å². The van der Waals surface area contributed by atoms with Gasteiger partial charge in [0.2, 0.25) is 0 Å². The third-order valence-corrected chi connectivity index (χ3v) is 3.68. The van der Waals surface area contributed by atoms with E-state index in [9.17, 15) is 4.79 Å². The fourth-order valence-electron chi connectivity index (χ4n) is 2.76. The van der Waals surface area contributed by atoms with Crippen molar-refractivity contribution < 1.29 is 9.90 Å². The average Bonchev–Trinajstić information content (AvgIpc) is 2.77. The molecule has 1 aromatic carbocycles. The van der Waals surface area contributed by atoms with Gasteiger partial charge in [-0.05, 0) is 24.9 Å². The molecule has 3 heteroatoms. The Labute approximate surface area is 114 Å². The first-order valence-corrected chi connectivity index (χ1v) is 6.79. The predicted molar refractivity (Wildman–Crippen MR) is 76.2 cm³/mol. The van der Waals surface area contributed by atoms with Crippen molar-refractivity contribution in [2.45, 2.75) is 18.8 Å². The fraction of sp³-hybridized carbons (Fsp3) is 0.438. The van der Waals surface area contributed by atoms with Gasteiger partial charge in [-0.3, -0.25) is 4.79 Å². The molecule has 1 aromatic rings. The number of carboxylic acid groups (broad SMARTS) is 1. The van der Waals surface area contributed by atoms with Crippen molar-refractivity contribution in [1.82, 2.24) is 4.90 Å². The summed E-state index contributed by atoms with van der Waals surface area (Å²) in [4.78, 5) is 12.8. The number of carboxylic acids is 1. The topological polar surface area (TPSA) is 40.5 Å². The van der Waals surface area contributed by atoms with Gasteiger partial charge in [-0.15, -0.1) is 0 Å². The van der Waals surface area contributed by atoms with E-state index >= 15 is 0 Å². The Morgan fingerprint density at radius 2 is 2.11 bits per heavy atom. The van der Waals surface area contributed by atoms with Crippen molar-refractivity contribution in [3.63, 3.8) is 0 Å². The Bertz CT molecular complexity index is 441. The van der Waals surface area contributed by atoms with Gasteiger partial charge in [0.1, 0.15) is 0 Å². The maximum Gasteiger partial charge on any atom is 0.303 e. The van der Waals surface area contributed by atoms with E-state index in [1.54, 1.807) is 0 Å². The van der Waals surface area contributed by atoms with Crippen LogP contribution < -0.4 is 0 Å². The number of carbonyl (C=O) groups is 1. The van der Waals surface area contributed by atoms with Crippen LogP contribution in [0.15, 0.2) is 42.5 Å². The zero-order chi connectivity index (χ0) is 13.7. The molecule has 0 saturated carbocycles. The molecule has 0 aliphatic carbocycles. The molecule has 19 heavy (non-hydrogen) atoms. The highest BCUT2D eigenvalue weighted by Crippen LogP contribution is 2.32. The molecular weight excluding hydrogens is 238 g/mol. The lowest BCUT2D eigenvalue weighted by molar-refractivity contribution is -0.136. The molecule has 2 rings (SSSR count). The van der Waals surface area contributed by atoms with Gasteiger partial charge < -0.3 is 10.0 Å². The molecule has 2 atom stereocenters. The van der Waals surface area contributed by atoms with Gasteiger partial charge in [0.25, 0.3) is 0 Å². The van der Waals surface area contributed by atoms with Crippen molar-refractivity contribution in [1.29, 1.82) is 0 Å². The largest absolute Gasteiger partial charge is 0.481 e. The van der Waals surface area contributed by atoms with Gasteiger partial charge >= 0.3 is 5.97 Å². The summed E-state index contributed by atoms with van der Waals surface area (Å²) < 4.78 is 0. The van der Waals surface area contributed by atoms with Crippen LogP contribution in [0.2, 0.25) is 0 Å². The Kier molecular flexibility index (Phi) is 4.74. The number of rotatable bonds is 5. The van der Waals surface area contributed by atoms with Crippen LogP contribution in [0.4, 0.5) is 0 Å². The molecule has 1 N–H and O–H groups in total. The van der Waals surface area contributed by atoms with E-state index in [4.69, 9.17) is 5.11 Å². The molecule has 3 nitrogen and oxygen atoms in total. The van der Waals surface area contributed by atoms with E-state index < -0.39 is 5.97 Å². The SMILES string of the molecule is CN1C[C@@H](/C=C\CCC(=O)O)[C@H](c2ccccc2)C1. The van der Waals surface area contributed by atoms with Crippen LogP contribution in [0.1, 0.15) is 24.3 Å². The predicted octanol–water partition coefficient (Wildman–Crippen LogP) is 2.75. The highest BCUT2D eigenvalue weighted by atomic mass is 16.4. The van der Waals surface area contributed by atoms with Gasteiger partial charge in [-0.25, -0.2) is 0 Å². The quantitative estimate of drug-likeness (QED) is 0.827. The smallest absolute Gasteiger partial charge is 0.303 e. The molecule has 0 unspecified atom stereocenters. The Hall–Kier alpha value is -1.61. The maximum absolute atomic E-state index is 10.5. The molecule has 1 heterocycles. The third-order valence-electron chi connectivity index (χ3n) is 3.68. The number of aliphatic carboxylic acids is 1. The van der Waals surface area contributed by atoms with Gasteiger partial charge in [0.05, 0.1) is 0 Å². The van der Waals surface area contributed by atoms with E-state index in [2.05, 4.69) is 42.3 Å². The van der Waals surface area contributed by atoms with Crippen LogP contribution in [-0.4, -0.2) is 36.1 Å². The van der Waals surface area contributed by atoms with Crippen molar-refractivity contribution in [2.24, 2.45) is 5.92 Å². The van der Waals surface area contributed by atoms with E-state index in [1.807, 2.05) is 12.1 Å². The number of likely N-dealkylation sites (N-methyl/N-ethyl adjacent to an activating group) is 1. The van der Waals surface area contributed by atoms with Crippen LogP contribution >= 0.6 is 0 Å². The monoisotopic (exact) mass is 259 g/mol. The molecule has 0 aromatic heterocycles. The molecule has 102 valence electrons. The number of benzene rings is 1. The lowest BCUT2D eigenvalue weighted by atomic mass is 9.88. The highest BCUT2D eigenvalue weighted by molar-refractivity contribution is 5.66. The molecule has 0 amide bonds. The second kappa shape index (κ2) is 6.53. The zero-order valence-corrected chi connectivity index (χ0v) is 11.3. The Morgan fingerprint density at radius 3 is 2.79 bits per heavy atom. The van der Waals surface area contributed by atoms with Crippen LogP contribution in [0.5, 0.6) is 0 Å². The summed E-state index contributed by atoms with van der Waals surface area (Å²) in [6, 6.07) is 10.6. The molecule has 0 radical (unpaired) electrons. The van der Waals surface area contributed by atoms with E-state index in [1.165, 1.54) is 5.56 Å². The fourth-order valence-corrected chi connectivity index (χ4v) is 2.76. The van der Waals surface area contributed by atoms with E-state index in [0.717, 1.165) is 13.1 Å². The van der Waals surface area contributed by atoms with E-state index in [-0.39, 0.29) is 6.42 Å². The van der Waals surface area contributed by atoms with Crippen molar-refractivity contribution in [3.05, 3.63) is 48.0 Å². The Balaban J connectivity index is 2.00. The summed E-state index contributed by atoms with van der Waals surface area (Å²) in [5.41, 5.74) is 1.37. The summed E-state index contributed by atoms with van der Waals surface area (Å²) in [6.07, 6.45) is 5.06. The van der Waals surface area contributed by atoms with Crippen molar-refractivity contribution in [3.8, 4) is 0 Å². The lowest BCUT2D eigenvalue weighted by Gasteiger charge is -2.15. The summed E-state index contributed by atoms with van der Waals surface area (Å²) in [5.74, 6) is 0.279. The molecule has 0 spiro atoms. The maximum atomic E-state index is 10.5. The summed E-state index contributed by atoms with van der Waals surface area (Å²) >= 11 is 0. The number of hydrogen-bond donors (Lipinski definition) is 1. The average molecular weight is 259 g/mol. The molecule has 1 saturated heterocycles. The zero-order valence-electron chi connectivity index (χ0n) is 11.3. The standard InChI is InChI=1S/C16H21NO2/c1-17-11-14(9-5-6-10-16(18)19)15(12-17)13-7-3-2-4-8-13/h2-5,7-9,14-15H,6,10-12H2,1H3,(H,18,19)/b9-5-/t14-,15+/m1/s1. The normalized spacial score (nSPS) is 24.1. The third kappa shape index (κ3) is 3.93. The number of hydrogen-bond acceptors (Lipinski definition) is 2. The second-order valence-electron chi connectivity index (χ2n) is 5.26. The molecule has 0 bridgehead atoms. The van der Waals surface area contributed by atoms with Gasteiger partial charge in [-0.2, -0.15) is 0 Å². The lowest BCUT2D eigenvalue weighted by Crippen LogP contribution is -2.13. The summed E-state index contributed by atoms with van der Waals surface area (Å²) in [7, 11) is 2.14. The molecular formula is C16H21NO2. The minimum atomic E-state index is -0.729. The molecule has 1 aliphatic rings. The van der Waals surface area contributed by atoms with E-state index in [0.29, 0.717) is 18.3 Å². The number of nitrogens with zero attached hydrogens (tertiary/aromatic N) is 1.